The number of anilines is 1. The molecule has 0 aromatic heterocycles. The van der Waals surface area contributed by atoms with E-state index in [1.165, 1.54) is 13.2 Å². The molecule has 0 spiro atoms. The molecule has 2 aromatic rings. The van der Waals surface area contributed by atoms with Gasteiger partial charge >= 0.3 is 6.03 Å². The molecule has 1 aliphatic heterocycles. The molecule has 0 bridgehead atoms. The molecule has 1 fully saturated rings. The molecular formula is C24H25ClN2O5. The van der Waals surface area contributed by atoms with Crippen molar-refractivity contribution in [3.63, 3.8) is 0 Å². The molecular weight excluding hydrogens is 432 g/mol. The van der Waals surface area contributed by atoms with Crippen molar-refractivity contribution in [2.45, 2.75) is 40.2 Å². The van der Waals surface area contributed by atoms with E-state index < -0.39 is 17.8 Å². The second-order valence-corrected chi connectivity index (χ2v) is 8.08. The summed E-state index contributed by atoms with van der Waals surface area (Å²) in [4.78, 5) is 39.0. The lowest BCUT2D eigenvalue weighted by Gasteiger charge is -2.27. The fraction of sp³-hybridized carbons (Fsp3) is 0.292. The first-order valence-electron chi connectivity index (χ1n) is 10.2. The summed E-state index contributed by atoms with van der Waals surface area (Å²) in [6.07, 6.45) is 2.08. The second kappa shape index (κ2) is 9.44. The minimum absolute atomic E-state index is 0.0753. The van der Waals surface area contributed by atoms with Crippen molar-refractivity contribution >= 4 is 41.2 Å². The van der Waals surface area contributed by atoms with Crippen LogP contribution in [-0.2, 0) is 9.59 Å². The van der Waals surface area contributed by atoms with Gasteiger partial charge in [-0.3, -0.25) is 14.9 Å². The van der Waals surface area contributed by atoms with Crippen LogP contribution in [0, 0.1) is 13.8 Å². The number of urea groups is 1. The highest BCUT2D eigenvalue weighted by Crippen LogP contribution is 2.38. The Hall–Kier alpha value is -3.32. The number of hydrogen-bond donors (Lipinski definition) is 1. The summed E-state index contributed by atoms with van der Waals surface area (Å²) >= 11 is 6.40. The number of hydrogen-bond acceptors (Lipinski definition) is 5. The highest BCUT2D eigenvalue weighted by molar-refractivity contribution is 6.39. The maximum atomic E-state index is 13.2. The number of halogens is 1. The Kier molecular flexibility index (Phi) is 6.89. The van der Waals surface area contributed by atoms with Crippen molar-refractivity contribution in [3.05, 3.63) is 57.6 Å². The van der Waals surface area contributed by atoms with E-state index in [1.54, 1.807) is 24.3 Å². The van der Waals surface area contributed by atoms with Crippen molar-refractivity contribution in [1.82, 2.24) is 5.32 Å². The van der Waals surface area contributed by atoms with Gasteiger partial charge in [0.15, 0.2) is 11.5 Å². The van der Waals surface area contributed by atoms with Gasteiger partial charge < -0.3 is 9.47 Å². The molecule has 8 heteroatoms. The number of ether oxygens (including phenoxy) is 2. The maximum absolute atomic E-state index is 13.2. The Morgan fingerprint density at radius 3 is 2.34 bits per heavy atom. The van der Waals surface area contributed by atoms with Crippen LogP contribution in [0.4, 0.5) is 10.5 Å². The average molecular weight is 457 g/mol. The Bertz CT molecular complexity index is 1110. The largest absolute Gasteiger partial charge is 0.493 e. The lowest BCUT2D eigenvalue weighted by Crippen LogP contribution is -2.54. The number of methoxy groups -OCH3 is 1. The number of aryl methyl sites for hydroxylation is 2. The summed E-state index contributed by atoms with van der Waals surface area (Å²) < 4.78 is 11.2. The average Bonchev–Trinajstić information content (AvgIpc) is 2.71. The van der Waals surface area contributed by atoms with Gasteiger partial charge in [-0.05, 0) is 74.2 Å². The monoisotopic (exact) mass is 456 g/mol. The summed E-state index contributed by atoms with van der Waals surface area (Å²) in [6, 6.07) is 7.74. The van der Waals surface area contributed by atoms with E-state index >= 15 is 0 Å². The van der Waals surface area contributed by atoms with E-state index in [1.807, 2.05) is 33.8 Å². The van der Waals surface area contributed by atoms with Crippen LogP contribution in [0.1, 0.15) is 37.0 Å². The zero-order chi connectivity index (χ0) is 23.6. The van der Waals surface area contributed by atoms with Gasteiger partial charge in [0.25, 0.3) is 11.8 Å². The van der Waals surface area contributed by atoms with Gasteiger partial charge in [0.05, 0.1) is 23.9 Å². The van der Waals surface area contributed by atoms with E-state index in [0.29, 0.717) is 22.7 Å². The van der Waals surface area contributed by atoms with Gasteiger partial charge in [-0.2, -0.15) is 0 Å². The van der Waals surface area contributed by atoms with Crippen molar-refractivity contribution in [2.75, 3.05) is 12.0 Å². The van der Waals surface area contributed by atoms with Gasteiger partial charge in [-0.15, -0.1) is 0 Å². The van der Waals surface area contributed by atoms with Crippen LogP contribution < -0.4 is 19.7 Å². The van der Waals surface area contributed by atoms with Gasteiger partial charge in [0, 0.05) is 0 Å². The van der Waals surface area contributed by atoms with E-state index in [9.17, 15) is 14.4 Å². The third-order valence-electron chi connectivity index (χ3n) is 5.02. The van der Waals surface area contributed by atoms with E-state index in [-0.39, 0.29) is 16.7 Å². The molecule has 1 saturated heterocycles. The van der Waals surface area contributed by atoms with Gasteiger partial charge in [-0.1, -0.05) is 24.6 Å². The first-order chi connectivity index (χ1) is 15.1. The standard InChI is InChI=1S/C24H25ClN2O5/c1-6-15(4)32-21-19(25)11-16(12-20(21)31-5)10-18-22(28)26-24(30)27(23(18)29)17-8-13(2)7-14(3)9-17/h7-12,15H,6H2,1-5H3,(H,26,28,30)/b18-10+/t15-/m1/s1. The molecule has 3 rings (SSSR count). The number of nitrogens with zero attached hydrogens (tertiary/aromatic N) is 1. The topological polar surface area (TPSA) is 84.9 Å². The third kappa shape index (κ3) is 4.78. The molecule has 1 N–H and O–H groups in total. The van der Waals surface area contributed by atoms with Crippen molar-refractivity contribution in [2.24, 2.45) is 0 Å². The summed E-state index contributed by atoms with van der Waals surface area (Å²) in [5.74, 6) is -0.748. The molecule has 0 saturated carbocycles. The maximum Gasteiger partial charge on any atom is 0.335 e. The molecule has 32 heavy (non-hydrogen) atoms. The Balaban J connectivity index is 2.03. The molecule has 0 radical (unpaired) electrons. The normalized spacial score (nSPS) is 16.2. The Morgan fingerprint density at radius 1 is 1.09 bits per heavy atom. The SMILES string of the molecule is CC[C@@H](C)Oc1c(Cl)cc(/C=C2\C(=O)NC(=O)N(c3cc(C)cc(C)c3)C2=O)cc1OC. The molecule has 0 aliphatic carbocycles. The van der Waals surface area contributed by atoms with Gasteiger partial charge in [0.2, 0.25) is 0 Å². The highest BCUT2D eigenvalue weighted by atomic mass is 35.5. The molecule has 1 heterocycles. The molecule has 1 aliphatic rings. The zero-order valence-electron chi connectivity index (χ0n) is 18.6. The van der Waals surface area contributed by atoms with Crippen LogP contribution in [0.2, 0.25) is 5.02 Å². The first kappa shape index (κ1) is 23.3. The van der Waals surface area contributed by atoms with E-state index in [2.05, 4.69) is 5.32 Å². The van der Waals surface area contributed by atoms with Crippen LogP contribution in [0.15, 0.2) is 35.9 Å². The number of nitrogens with one attached hydrogen (secondary N) is 1. The predicted octanol–water partition coefficient (Wildman–Crippen LogP) is 4.81. The summed E-state index contributed by atoms with van der Waals surface area (Å²) in [5, 5.41) is 2.51. The summed E-state index contributed by atoms with van der Waals surface area (Å²) in [7, 11) is 1.48. The van der Waals surface area contributed by atoms with Crippen molar-refractivity contribution in [3.8, 4) is 11.5 Å². The lowest BCUT2D eigenvalue weighted by molar-refractivity contribution is -0.122. The minimum atomic E-state index is -0.796. The fourth-order valence-electron chi connectivity index (χ4n) is 3.36. The molecule has 0 unspecified atom stereocenters. The van der Waals surface area contributed by atoms with Crippen LogP contribution >= 0.6 is 11.6 Å². The van der Waals surface area contributed by atoms with Gasteiger partial charge in [0.1, 0.15) is 5.57 Å². The number of barbiturate groups is 1. The number of amides is 4. The van der Waals surface area contributed by atoms with Crippen LogP contribution in [0.5, 0.6) is 11.5 Å². The number of carbonyl (C=O) groups is 3. The summed E-state index contributed by atoms with van der Waals surface area (Å²) in [5.41, 5.74) is 2.42. The Labute approximate surface area is 191 Å². The Morgan fingerprint density at radius 2 is 1.75 bits per heavy atom. The van der Waals surface area contributed by atoms with Crippen molar-refractivity contribution in [1.29, 1.82) is 0 Å². The quantitative estimate of drug-likeness (QED) is 0.498. The second-order valence-electron chi connectivity index (χ2n) is 7.67. The minimum Gasteiger partial charge on any atom is -0.493 e. The molecule has 2 aromatic carbocycles. The van der Waals surface area contributed by atoms with Crippen LogP contribution in [-0.4, -0.2) is 31.1 Å². The third-order valence-corrected chi connectivity index (χ3v) is 5.30. The number of benzene rings is 2. The predicted molar refractivity (Wildman–Crippen MR) is 123 cm³/mol. The number of imide groups is 2. The first-order valence-corrected chi connectivity index (χ1v) is 10.6. The van der Waals surface area contributed by atoms with Gasteiger partial charge in [-0.25, -0.2) is 9.69 Å². The smallest absolute Gasteiger partial charge is 0.335 e. The van der Waals surface area contributed by atoms with Crippen LogP contribution in [0.25, 0.3) is 6.08 Å². The highest BCUT2D eigenvalue weighted by Gasteiger charge is 2.37. The lowest BCUT2D eigenvalue weighted by atomic mass is 10.0. The van der Waals surface area contributed by atoms with E-state index in [4.69, 9.17) is 21.1 Å². The fourth-order valence-corrected chi connectivity index (χ4v) is 3.62. The summed E-state index contributed by atoms with van der Waals surface area (Å²) in [6.45, 7) is 7.62. The molecule has 168 valence electrons. The number of rotatable bonds is 6. The van der Waals surface area contributed by atoms with Crippen LogP contribution in [0.3, 0.4) is 0 Å². The number of carbonyl (C=O) groups excluding carboxylic acids is 3. The van der Waals surface area contributed by atoms with Crippen molar-refractivity contribution < 1.29 is 23.9 Å². The molecule has 1 atom stereocenters. The molecule has 4 amide bonds. The van der Waals surface area contributed by atoms with E-state index in [0.717, 1.165) is 22.4 Å². The molecule has 7 nitrogen and oxygen atoms in total. The zero-order valence-corrected chi connectivity index (χ0v) is 19.4.